The highest BCUT2D eigenvalue weighted by Crippen LogP contribution is 2.21. The molecule has 0 aliphatic carbocycles. The minimum Gasteiger partial charge on any atom is -0.375 e. The van der Waals surface area contributed by atoms with Gasteiger partial charge in [-0.05, 0) is 25.8 Å². The van der Waals surface area contributed by atoms with Crippen LogP contribution in [-0.2, 0) is 23.1 Å². The van der Waals surface area contributed by atoms with Crippen molar-refractivity contribution in [3.63, 3.8) is 0 Å². The number of carbonyl (C=O) groups excluding carboxylic acids is 1. The van der Waals surface area contributed by atoms with E-state index in [-0.39, 0.29) is 12.5 Å². The number of nitrogens with one attached hydrogen (secondary N) is 1. The first-order valence-corrected chi connectivity index (χ1v) is 7.66. The summed E-state index contributed by atoms with van der Waals surface area (Å²) in [5.74, 6) is -0.0351. The van der Waals surface area contributed by atoms with Gasteiger partial charge in [-0.3, -0.25) is 14.4 Å². The van der Waals surface area contributed by atoms with Crippen LogP contribution in [0.25, 0.3) is 0 Å². The van der Waals surface area contributed by atoms with Crippen LogP contribution in [0.4, 0.5) is 0 Å². The zero-order chi connectivity index (χ0) is 15.1. The molecular formula is C15H26N4O2. The highest BCUT2D eigenvalue weighted by atomic mass is 16.5. The third-order valence-electron chi connectivity index (χ3n) is 3.97. The highest BCUT2D eigenvalue weighted by molar-refractivity contribution is 5.77. The van der Waals surface area contributed by atoms with Gasteiger partial charge in [0.25, 0.3) is 0 Å². The zero-order valence-corrected chi connectivity index (χ0v) is 13.0. The second-order valence-electron chi connectivity index (χ2n) is 5.71. The molecule has 1 aromatic rings. The molecular weight excluding hydrogens is 268 g/mol. The zero-order valence-electron chi connectivity index (χ0n) is 13.0. The maximum atomic E-state index is 11.4. The van der Waals surface area contributed by atoms with Gasteiger partial charge in [-0.15, -0.1) is 0 Å². The van der Waals surface area contributed by atoms with Gasteiger partial charge in [0.2, 0.25) is 5.91 Å². The van der Waals surface area contributed by atoms with Crippen LogP contribution in [0.3, 0.4) is 0 Å². The van der Waals surface area contributed by atoms with E-state index in [1.807, 2.05) is 17.9 Å². The Kier molecular flexibility index (Phi) is 6.20. The van der Waals surface area contributed by atoms with Gasteiger partial charge >= 0.3 is 0 Å². The minimum atomic E-state index is -0.0351. The fourth-order valence-corrected chi connectivity index (χ4v) is 2.94. The first kappa shape index (κ1) is 16.0. The Balaban J connectivity index is 1.79. The average Bonchev–Trinajstić information content (AvgIpc) is 2.86. The maximum absolute atomic E-state index is 11.4. The van der Waals surface area contributed by atoms with Gasteiger partial charge in [-0.25, -0.2) is 0 Å². The lowest BCUT2D eigenvalue weighted by atomic mass is 9.99. The van der Waals surface area contributed by atoms with Crippen LogP contribution in [-0.4, -0.2) is 53.4 Å². The molecule has 1 saturated heterocycles. The fraction of sp³-hybridized carbons (Fsp3) is 0.733. The number of rotatable bonds is 7. The summed E-state index contributed by atoms with van der Waals surface area (Å²) in [6, 6.07) is 0.543. The monoisotopic (exact) mass is 294 g/mol. The van der Waals surface area contributed by atoms with E-state index in [1.54, 1.807) is 0 Å². The molecule has 0 spiro atoms. The Bertz CT molecular complexity index is 447. The molecule has 2 rings (SSSR count). The van der Waals surface area contributed by atoms with Crippen molar-refractivity contribution in [2.45, 2.75) is 38.3 Å². The molecule has 1 amide bonds. The van der Waals surface area contributed by atoms with Gasteiger partial charge in [0.15, 0.2) is 0 Å². The summed E-state index contributed by atoms with van der Waals surface area (Å²) in [7, 11) is 3.48. The molecule has 6 nitrogen and oxygen atoms in total. The third kappa shape index (κ3) is 5.13. The Hall–Kier alpha value is -1.40. The van der Waals surface area contributed by atoms with E-state index in [0.717, 1.165) is 26.1 Å². The molecule has 118 valence electrons. The van der Waals surface area contributed by atoms with E-state index < -0.39 is 0 Å². The smallest absolute Gasteiger partial charge is 0.245 e. The molecule has 0 aromatic carbocycles. The van der Waals surface area contributed by atoms with Crippen LogP contribution in [0.1, 0.15) is 31.2 Å². The van der Waals surface area contributed by atoms with Gasteiger partial charge in [-0.2, -0.15) is 5.10 Å². The van der Waals surface area contributed by atoms with Gasteiger partial charge < -0.3 is 10.1 Å². The molecule has 1 fully saturated rings. The summed E-state index contributed by atoms with van der Waals surface area (Å²) in [6.45, 7) is 2.94. The van der Waals surface area contributed by atoms with Crippen LogP contribution in [0.2, 0.25) is 0 Å². The Morgan fingerprint density at radius 1 is 1.52 bits per heavy atom. The number of nitrogens with zero attached hydrogens (tertiary/aromatic N) is 3. The number of hydrogen-bond donors (Lipinski definition) is 1. The summed E-state index contributed by atoms with van der Waals surface area (Å²) >= 11 is 0. The van der Waals surface area contributed by atoms with Gasteiger partial charge in [0, 0.05) is 45.0 Å². The molecule has 21 heavy (non-hydrogen) atoms. The van der Waals surface area contributed by atoms with Crippen LogP contribution >= 0.6 is 0 Å². The molecule has 0 radical (unpaired) electrons. The van der Waals surface area contributed by atoms with Crippen molar-refractivity contribution < 1.29 is 9.53 Å². The Morgan fingerprint density at radius 3 is 3.10 bits per heavy atom. The summed E-state index contributed by atoms with van der Waals surface area (Å²) in [6.07, 6.45) is 8.75. The number of ether oxygens (including phenoxy) is 1. The van der Waals surface area contributed by atoms with E-state index >= 15 is 0 Å². The number of methoxy groups -OCH3 is 1. The molecule has 1 aliphatic rings. The molecule has 2 heterocycles. The molecule has 0 bridgehead atoms. The molecule has 0 saturated carbocycles. The maximum Gasteiger partial charge on any atom is 0.245 e. The molecule has 1 N–H and O–H groups in total. The van der Waals surface area contributed by atoms with Crippen molar-refractivity contribution in [3.05, 3.63) is 18.0 Å². The van der Waals surface area contributed by atoms with Crippen molar-refractivity contribution >= 4 is 5.91 Å². The first-order valence-electron chi connectivity index (χ1n) is 7.66. The minimum absolute atomic E-state index is 0.0351. The van der Waals surface area contributed by atoms with E-state index in [4.69, 9.17) is 4.74 Å². The summed E-state index contributed by atoms with van der Waals surface area (Å²) < 4.78 is 6.66. The van der Waals surface area contributed by atoms with Crippen LogP contribution in [0.15, 0.2) is 12.4 Å². The van der Waals surface area contributed by atoms with Crippen LogP contribution in [0, 0.1) is 0 Å². The van der Waals surface area contributed by atoms with Crippen LogP contribution in [0.5, 0.6) is 0 Å². The third-order valence-corrected chi connectivity index (χ3v) is 3.97. The lowest BCUT2D eigenvalue weighted by Gasteiger charge is -2.35. The van der Waals surface area contributed by atoms with Crippen molar-refractivity contribution in [2.75, 3.05) is 26.8 Å². The van der Waals surface area contributed by atoms with E-state index in [2.05, 4.69) is 21.5 Å². The average molecular weight is 294 g/mol. The van der Waals surface area contributed by atoms with Crippen molar-refractivity contribution in [1.82, 2.24) is 20.0 Å². The Morgan fingerprint density at radius 2 is 2.38 bits per heavy atom. The van der Waals surface area contributed by atoms with E-state index in [1.165, 1.54) is 31.9 Å². The number of hydrogen-bond acceptors (Lipinski definition) is 4. The molecule has 6 heteroatoms. The summed E-state index contributed by atoms with van der Waals surface area (Å²) in [5.41, 5.74) is 1.26. The lowest BCUT2D eigenvalue weighted by Crippen LogP contribution is -2.41. The number of aryl methyl sites for hydroxylation is 1. The predicted octanol–water partition coefficient (Wildman–Crippen LogP) is 0.927. The predicted molar refractivity (Wildman–Crippen MR) is 80.8 cm³/mol. The molecule has 1 aliphatic heterocycles. The molecule has 1 atom stereocenters. The largest absolute Gasteiger partial charge is 0.375 e. The lowest BCUT2D eigenvalue weighted by molar-refractivity contribution is -0.124. The normalized spacial score (nSPS) is 19.6. The van der Waals surface area contributed by atoms with Crippen molar-refractivity contribution in [1.29, 1.82) is 0 Å². The number of piperidine rings is 1. The van der Waals surface area contributed by atoms with E-state index in [9.17, 15) is 4.79 Å². The molecule has 1 aromatic heterocycles. The highest BCUT2D eigenvalue weighted by Gasteiger charge is 2.22. The van der Waals surface area contributed by atoms with Crippen LogP contribution < -0.4 is 5.32 Å². The summed E-state index contributed by atoms with van der Waals surface area (Å²) in [5, 5.41) is 7.14. The number of likely N-dealkylation sites (tertiary alicyclic amines) is 1. The number of carbonyl (C=O) groups is 1. The van der Waals surface area contributed by atoms with Crippen molar-refractivity contribution in [3.8, 4) is 0 Å². The first-order chi connectivity index (χ1) is 10.2. The standard InChI is InChI=1S/C15H26N4O2/c1-18-10-13(9-17-18)11-19-8-4-3-5-14(19)6-7-16-15(20)12-21-2/h9-10,14H,3-8,11-12H2,1-2H3,(H,16,20)/t14-/m1/s1. The number of amides is 1. The van der Waals surface area contributed by atoms with Crippen molar-refractivity contribution in [2.24, 2.45) is 7.05 Å². The fourth-order valence-electron chi connectivity index (χ4n) is 2.94. The Labute approximate surface area is 126 Å². The van der Waals surface area contributed by atoms with E-state index in [0.29, 0.717) is 6.04 Å². The van der Waals surface area contributed by atoms with Gasteiger partial charge in [-0.1, -0.05) is 6.42 Å². The molecule has 0 unspecified atom stereocenters. The summed E-state index contributed by atoms with van der Waals surface area (Å²) in [4.78, 5) is 13.9. The quantitative estimate of drug-likeness (QED) is 0.812. The van der Waals surface area contributed by atoms with Gasteiger partial charge in [0.05, 0.1) is 6.20 Å². The second-order valence-corrected chi connectivity index (χ2v) is 5.71. The SMILES string of the molecule is COCC(=O)NCC[C@H]1CCCCN1Cc1cnn(C)c1. The topological polar surface area (TPSA) is 59.4 Å². The number of aromatic nitrogens is 2. The van der Waals surface area contributed by atoms with Gasteiger partial charge in [0.1, 0.15) is 6.61 Å². The second kappa shape index (κ2) is 8.14.